The number of thiophene rings is 1. The number of hydrogen-bond acceptors (Lipinski definition) is 5. The number of pyridine rings is 1. The number of nitrogens with zero attached hydrogens (tertiary/aromatic N) is 4. The molecule has 0 radical (unpaired) electrons. The summed E-state index contributed by atoms with van der Waals surface area (Å²) >= 11 is 1.79. The second kappa shape index (κ2) is 20.2. The summed E-state index contributed by atoms with van der Waals surface area (Å²) in [6, 6.07) is 56.6. The van der Waals surface area contributed by atoms with Crippen LogP contribution in [0.3, 0.4) is 0 Å². The summed E-state index contributed by atoms with van der Waals surface area (Å²) in [4.78, 5) is 9.17. The minimum atomic E-state index is -0.271. The molecule has 0 saturated heterocycles. The van der Waals surface area contributed by atoms with E-state index in [1.165, 1.54) is 42.4 Å². The first-order valence-electron chi connectivity index (χ1n) is 29.5. The first kappa shape index (κ1) is 52.1. The Morgan fingerprint density at radius 2 is 1.07 bits per heavy atom. The molecule has 0 amide bonds. The maximum Gasteiger partial charge on any atom is 0.135 e. The van der Waals surface area contributed by atoms with Crippen LogP contribution in [-0.2, 0) is 48.1 Å². The molecule has 0 bridgehead atoms. The molecular formula is C74H73N4OPtS-3. The quantitative estimate of drug-likeness (QED) is 0.149. The van der Waals surface area contributed by atoms with Crippen LogP contribution in [0.2, 0.25) is 0 Å². The van der Waals surface area contributed by atoms with Crippen molar-refractivity contribution in [3.8, 4) is 39.6 Å². The number of anilines is 4. The van der Waals surface area contributed by atoms with Gasteiger partial charge in [0.2, 0.25) is 0 Å². The molecule has 414 valence electrons. The molecule has 1 aliphatic heterocycles. The molecule has 0 saturated carbocycles. The molecule has 11 aromatic rings. The first-order valence-corrected chi connectivity index (χ1v) is 28.8. The summed E-state index contributed by atoms with van der Waals surface area (Å²) in [5.41, 5.74) is 14.6. The van der Waals surface area contributed by atoms with Crippen molar-refractivity contribution in [3.63, 3.8) is 0 Å². The van der Waals surface area contributed by atoms with E-state index in [0.717, 1.165) is 72.5 Å². The van der Waals surface area contributed by atoms with Gasteiger partial charge < -0.3 is 19.1 Å². The average molecular weight is 1260 g/mol. The topological polar surface area (TPSA) is 33.5 Å². The molecule has 1 aliphatic rings. The van der Waals surface area contributed by atoms with Crippen molar-refractivity contribution in [2.24, 2.45) is 0 Å². The molecule has 0 unspecified atom stereocenters. The second-order valence-corrected chi connectivity index (χ2v) is 28.0. The van der Waals surface area contributed by atoms with Crippen LogP contribution in [0, 0.1) is 18.8 Å². The maximum atomic E-state index is 9.64. The molecule has 0 aliphatic carbocycles. The number of para-hydroxylation sites is 3. The minimum absolute atomic E-state index is 0. The number of hydrogen-bond donors (Lipinski definition) is 0. The number of ether oxygens (including phenoxy) is 1. The summed E-state index contributed by atoms with van der Waals surface area (Å²) in [6.07, 6.45) is 1.88. The molecule has 81 heavy (non-hydrogen) atoms. The predicted octanol–water partition coefficient (Wildman–Crippen LogP) is 21.2. The van der Waals surface area contributed by atoms with Crippen LogP contribution in [0.25, 0.3) is 70.0 Å². The Morgan fingerprint density at radius 1 is 0.519 bits per heavy atom. The van der Waals surface area contributed by atoms with E-state index in [1.54, 1.807) is 11.3 Å². The molecule has 8 aromatic carbocycles. The van der Waals surface area contributed by atoms with Crippen LogP contribution in [0.15, 0.2) is 164 Å². The standard InChI is InChI=1S/C74H73N4OS.Pt/c1-70(2,3)48-34-35-75-66(42-48)78-63-33-32-59-58-24-16-19-29-65(58)80-69(59)67(63)60-31-30-55(44-64(60)78)79-54-23-20-22-53(43-54)76-45-77(62-28-18-17-27-61(62)76)68-56(46-36-49(71(4,5)6)40-50(37-46)72(7,8)9)25-21-26-57(68)47-38-51(73(10,11)12)41-52(39-47)74(13,14)15;/h16-42,45H,1-15H3;/q-3;/i20D,22D,23D;. The molecule has 7 heteroatoms. The van der Waals surface area contributed by atoms with Gasteiger partial charge in [0.15, 0.2) is 0 Å². The van der Waals surface area contributed by atoms with Gasteiger partial charge in [0, 0.05) is 94.0 Å². The van der Waals surface area contributed by atoms with Gasteiger partial charge in [-0.05, 0) is 111 Å². The van der Waals surface area contributed by atoms with Crippen LogP contribution in [0.1, 0.15) is 136 Å². The molecule has 0 spiro atoms. The van der Waals surface area contributed by atoms with Crippen LogP contribution in [0.4, 0.5) is 22.7 Å². The Bertz CT molecular complexity index is 4270. The third-order valence-electron chi connectivity index (χ3n) is 15.9. The first-order chi connectivity index (χ1) is 39.0. The zero-order chi connectivity index (χ0) is 59.0. The molecule has 0 atom stereocenters. The van der Waals surface area contributed by atoms with Crippen molar-refractivity contribution in [3.05, 3.63) is 210 Å². The van der Waals surface area contributed by atoms with Gasteiger partial charge in [-0.2, -0.15) is 12.1 Å². The van der Waals surface area contributed by atoms with Crippen LogP contribution >= 0.6 is 11.3 Å². The third-order valence-corrected chi connectivity index (χ3v) is 17.1. The largest absolute Gasteiger partial charge is 0.509 e. The molecule has 0 N–H and O–H groups in total. The molecule has 12 rings (SSSR count). The number of rotatable bonds is 7. The molecule has 5 nitrogen and oxygen atoms in total. The van der Waals surface area contributed by atoms with Gasteiger partial charge in [0.1, 0.15) is 5.82 Å². The van der Waals surface area contributed by atoms with E-state index < -0.39 is 0 Å². The fourth-order valence-corrected chi connectivity index (χ4v) is 12.4. The smallest absolute Gasteiger partial charge is 0.135 e. The summed E-state index contributed by atoms with van der Waals surface area (Å²) in [5.74, 6) is 1.13. The van der Waals surface area contributed by atoms with Crippen molar-refractivity contribution in [2.45, 2.75) is 131 Å². The van der Waals surface area contributed by atoms with Crippen molar-refractivity contribution in [1.82, 2.24) is 9.55 Å². The Morgan fingerprint density at radius 3 is 1.67 bits per heavy atom. The van der Waals surface area contributed by atoms with Gasteiger partial charge >= 0.3 is 0 Å². The van der Waals surface area contributed by atoms with E-state index in [-0.39, 0.29) is 77.7 Å². The predicted molar refractivity (Wildman–Crippen MR) is 341 cm³/mol. The van der Waals surface area contributed by atoms with Crippen molar-refractivity contribution in [1.29, 1.82) is 0 Å². The number of benzene rings is 8. The van der Waals surface area contributed by atoms with Crippen LogP contribution < -0.4 is 14.5 Å². The van der Waals surface area contributed by atoms with E-state index in [2.05, 4.69) is 247 Å². The zero-order valence-electron chi connectivity index (χ0n) is 52.4. The molecule has 0 fully saturated rings. The number of fused-ring (bicyclic) bond motifs is 8. The fraction of sp³-hybridized carbons (Fsp3) is 0.270. The average Bonchev–Trinajstić information content (AvgIpc) is 3.71. The summed E-state index contributed by atoms with van der Waals surface area (Å²) < 4.78 is 39.8. The fourth-order valence-electron chi connectivity index (χ4n) is 11.1. The van der Waals surface area contributed by atoms with E-state index >= 15 is 0 Å². The Kier molecular flexibility index (Phi) is 13.0. The van der Waals surface area contributed by atoms with E-state index in [1.807, 2.05) is 36.0 Å². The van der Waals surface area contributed by atoms with Gasteiger partial charge in [-0.1, -0.05) is 200 Å². The van der Waals surface area contributed by atoms with Crippen molar-refractivity contribution >= 4 is 76.1 Å². The van der Waals surface area contributed by atoms with Gasteiger partial charge in [-0.25, -0.2) is 4.98 Å². The summed E-state index contributed by atoms with van der Waals surface area (Å²) in [6.45, 7) is 36.0. The number of aromatic nitrogens is 2. The van der Waals surface area contributed by atoms with Crippen LogP contribution in [0.5, 0.6) is 11.5 Å². The van der Waals surface area contributed by atoms with E-state index in [9.17, 15) is 4.11 Å². The SMILES string of the molecule is [2H]c1c(Oc2[c-]c3c(cc2)c2c4sc5ccccc5c4ccc2n3-c2cc(C(C)(C)C)ccn2)[c-]c(N2[CH-]N(c3c(-c4cc(C(C)(C)C)cc(C(C)(C)C)c4)cccc3-c3cc(C(C)(C)C)cc(C(C)(C)C)c3)c3ccccc32)c([2H])c1[2H].[Pt]. The van der Waals surface area contributed by atoms with Gasteiger partial charge in [-0.15, -0.1) is 59.4 Å². The monoisotopic (exact) mass is 1260 g/mol. The second-order valence-electron chi connectivity index (χ2n) is 26.9. The summed E-state index contributed by atoms with van der Waals surface area (Å²) in [7, 11) is 0. The normalized spacial score (nSPS) is 13.9. The molecule has 3 aromatic heterocycles. The maximum absolute atomic E-state index is 9.64. The summed E-state index contributed by atoms with van der Waals surface area (Å²) in [5, 5.41) is 4.52. The van der Waals surface area contributed by atoms with E-state index in [4.69, 9.17) is 9.72 Å². The van der Waals surface area contributed by atoms with Gasteiger partial charge in [-0.3, -0.25) is 0 Å². The Hall–Kier alpha value is -6.98. The minimum Gasteiger partial charge on any atom is -0.509 e. The zero-order valence-corrected chi connectivity index (χ0v) is 52.4. The molecular weight excluding hydrogens is 1190 g/mol. The molecule has 4 heterocycles. The van der Waals surface area contributed by atoms with Crippen LogP contribution in [-0.4, -0.2) is 9.55 Å². The Labute approximate surface area is 503 Å². The third kappa shape index (κ3) is 10.3. The van der Waals surface area contributed by atoms with Gasteiger partial charge in [0.05, 0.1) is 0 Å². The van der Waals surface area contributed by atoms with E-state index in [0.29, 0.717) is 5.75 Å². The van der Waals surface area contributed by atoms with Gasteiger partial charge in [0.25, 0.3) is 0 Å². The Balaban J connectivity index is 0.00000736. The van der Waals surface area contributed by atoms with Crippen molar-refractivity contribution in [2.75, 3.05) is 9.80 Å². The van der Waals surface area contributed by atoms with Crippen molar-refractivity contribution < 1.29 is 29.9 Å².